The zero-order valence-corrected chi connectivity index (χ0v) is 14.2. The first-order valence-electron chi connectivity index (χ1n) is 8.70. The van der Waals surface area contributed by atoms with Crippen molar-refractivity contribution < 1.29 is 4.79 Å². The summed E-state index contributed by atoms with van der Waals surface area (Å²) in [6.07, 6.45) is 5.60. The van der Waals surface area contributed by atoms with Gasteiger partial charge in [-0.15, -0.1) is 0 Å². The van der Waals surface area contributed by atoms with E-state index < -0.39 is 0 Å². The quantitative estimate of drug-likeness (QED) is 0.850. The van der Waals surface area contributed by atoms with Crippen molar-refractivity contribution in [3.05, 3.63) is 54.4 Å². The molecule has 0 spiro atoms. The van der Waals surface area contributed by atoms with Gasteiger partial charge in [-0.1, -0.05) is 18.2 Å². The standard InChI is InChI=1S/C20H23N3O/c1-14-9-11-22(2)18-7-3-4-8-19(18)23(14)20(24)17-12-16(17)15-6-5-10-21-13-15/h3-8,10,13-14,16-17H,9,11-12H2,1-2H3/t14-,16+,17+/m1/s1. The highest BCUT2D eigenvalue weighted by Gasteiger charge is 2.47. The molecular weight excluding hydrogens is 298 g/mol. The molecule has 1 aromatic carbocycles. The number of para-hydroxylation sites is 2. The molecule has 2 heterocycles. The van der Waals surface area contributed by atoms with Crippen LogP contribution in [0, 0.1) is 5.92 Å². The van der Waals surface area contributed by atoms with E-state index >= 15 is 0 Å². The fourth-order valence-corrected chi connectivity index (χ4v) is 3.80. The molecule has 2 aromatic rings. The monoisotopic (exact) mass is 321 g/mol. The van der Waals surface area contributed by atoms with Crippen molar-refractivity contribution in [1.29, 1.82) is 0 Å². The topological polar surface area (TPSA) is 36.4 Å². The molecule has 0 radical (unpaired) electrons. The number of hydrogen-bond acceptors (Lipinski definition) is 3. The zero-order valence-electron chi connectivity index (χ0n) is 14.2. The van der Waals surface area contributed by atoms with Gasteiger partial charge in [0.2, 0.25) is 5.91 Å². The van der Waals surface area contributed by atoms with Crippen LogP contribution in [0.25, 0.3) is 0 Å². The Morgan fingerprint density at radius 1 is 1.17 bits per heavy atom. The van der Waals surface area contributed by atoms with Gasteiger partial charge in [-0.3, -0.25) is 9.78 Å². The highest BCUT2D eigenvalue weighted by Crippen LogP contribution is 2.49. The van der Waals surface area contributed by atoms with Crippen LogP contribution < -0.4 is 9.80 Å². The fraction of sp³-hybridized carbons (Fsp3) is 0.400. The second-order valence-corrected chi connectivity index (χ2v) is 6.99. The molecule has 124 valence electrons. The molecule has 1 aliphatic carbocycles. The highest BCUT2D eigenvalue weighted by molar-refractivity contribution is 6.01. The number of carbonyl (C=O) groups is 1. The molecule has 4 nitrogen and oxygen atoms in total. The summed E-state index contributed by atoms with van der Waals surface area (Å²) < 4.78 is 0. The SMILES string of the molecule is C[C@@H]1CCN(C)c2ccccc2N1C(=O)[C@H]1C[C@H]1c1cccnc1. The largest absolute Gasteiger partial charge is 0.373 e. The van der Waals surface area contributed by atoms with Gasteiger partial charge in [-0.25, -0.2) is 0 Å². The molecule has 1 amide bonds. The number of hydrogen-bond donors (Lipinski definition) is 0. The highest BCUT2D eigenvalue weighted by atomic mass is 16.2. The molecule has 1 saturated carbocycles. The van der Waals surface area contributed by atoms with Gasteiger partial charge in [-0.2, -0.15) is 0 Å². The van der Waals surface area contributed by atoms with E-state index in [4.69, 9.17) is 0 Å². The smallest absolute Gasteiger partial charge is 0.231 e. The average Bonchev–Trinajstić information content (AvgIpc) is 3.42. The van der Waals surface area contributed by atoms with Crippen molar-refractivity contribution in [3.63, 3.8) is 0 Å². The van der Waals surface area contributed by atoms with E-state index in [1.807, 2.05) is 29.3 Å². The normalized spacial score (nSPS) is 25.8. The van der Waals surface area contributed by atoms with Crippen LogP contribution >= 0.6 is 0 Å². The maximum Gasteiger partial charge on any atom is 0.231 e. The first-order chi connectivity index (χ1) is 11.7. The van der Waals surface area contributed by atoms with Crippen LogP contribution in [-0.4, -0.2) is 30.5 Å². The van der Waals surface area contributed by atoms with E-state index in [0.717, 1.165) is 30.8 Å². The third-order valence-corrected chi connectivity index (χ3v) is 5.33. The maximum absolute atomic E-state index is 13.3. The first-order valence-corrected chi connectivity index (χ1v) is 8.70. The van der Waals surface area contributed by atoms with Gasteiger partial charge in [0.1, 0.15) is 0 Å². The minimum Gasteiger partial charge on any atom is -0.373 e. The van der Waals surface area contributed by atoms with E-state index in [1.54, 1.807) is 6.20 Å². The Kier molecular flexibility index (Phi) is 3.75. The van der Waals surface area contributed by atoms with E-state index in [-0.39, 0.29) is 17.9 Å². The first kappa shape index (κ1) is 15.2. The minimum atomic E-state index is 0.0908. The molecule has 0 N–H and O–H groups in total. The maximum atomic E-state index is 13.3. The fourth-order valence-electron chi connectivity index (χ4n) is 3.80. The number of nitrogens with zero attached hydrogens (tertiary/aromatic N) is 3. The molecule has 0 saturated heterocycles. The predicted molar refractivity (Wildman–Crippen MR) is 96.4 cm³/mol. The van der Waals surface area contributed by atoms with Crippen molar-refractivity contribution >= 4 is 17.3 Å². The third kappa shape index (κ3) is 2.56. The Morgan fingerprint density at radius 2 is 1.96 bits per heavy atom. The summed E-state index contributed by atoms with van der Waals surface area (Å²) >= 11 is 0. The number of carbonyl (C=O) groups excluding carboxylic acids is 1. The third-order valence-electron chi connectivity index (χ3n) is 5.33. The van der Waals surface area contributed by atoms with Crippen molar-refractivity contribution in [1.82, 2.24) is 4.98 Å². The Morgan fingerprint density at radius 3 is 2.71 bits per heavy atom. The van der Waals surface area contributed by atoms with Crippen LogP contribution in [-0.2, 0) is 4.79 Å². The number of fused-ring (bicyclic) bond motifs is 1. The second kappa shape index (κ2) is 5.93. The molecule has 4 rings (SSSR count). The summed E-state index contributed by atoms with van der Waals surface area (Å²) in [5, 5.41) is 0. The van der Waals surface area contributed by atoms with Crippen molar-refractivity contribution in [2.45, 2.75) is 31.7 Å². The van der Waals surface area contributed by atoms with E-state index in [9.17, 15) is 4.79 Å². The molecular formula is C20H23N3O. The van der Waals surface area contributed by atoms with Gasteiger partial charge >= 0.3 is 0 Å². The minimum absolute atomic E-state index is 0.0908. The lowest BCUT2D eigenvalue weighted by molar-refractivity contribution is -0.120. The number of rotatable bonds is 2. The van der Waals surface area contributed by atoms with Crippen LogP contribution in [0.5, 0.6) is 0 Å². The van der Waals surface area contributed by atoms with Crippen molar-refractivity contribution in [2.24, 2.45) is 5.92 Å². The summed E-state index contributed by atoms with van der Waals surface area (Å²) in [4.78, 5) is 21.8. The molecule has 4 heteroatoms. The number of anilines is 2. The van der Waals surface area contributed by atoms with Crippen LogP contribution in [0.1, 0.15) is 31.2 Å². The molecule has 24 heavy (non-hydrogen) atoms. The number of amides is 1. The molecule has 3 atom stereocenters. The summed E-state index contributed by atoms with van der Waals surface area (Å²) in [5.41, 5.74) is 3.38. The lowest BCUT2D eigenvalue weighted by Gasteiger charge is -2.29. The Bertz CT molecular complexity index is 746. The average molecular weight is 321 g/mol. The van der Waals surface area contributed by atoms with Crippen LogP contribution in [0.2, 0.25) is 0 Å². The van der Waals surface area contributed by atoms with Gasteiger partial charge in [-0.05, 0) is 49.4 Å². The lowest BCUT2D eigenvalue weighted by Crippen LogP contribution is -2.39. The molecule has 0 unspecified atom stereocenters. The number of pyridine rings is 1. The second-order valence-electron chi connectivity index (χ2n) is 6.99. The van der Waals surface area contributed by atoms with Gasteiger partial charge in [0.25, 0.3) is 0 Å². The molecule has 1 fully saturated rings. The van der Waals surface area contributed by atoms with Crippen LogP contribution in [0.15, 0.2) is 48.8 Å². The molecule has 0 bridgehead atoms. The van der Waals surface area contributed by atoms with Gasteiger partial charge in [0.05, 0.1) is 11.4 Å². The van der Waals surface area contributed by atoms with Crippen LogP contribution in [0.3, 0.4) is 0 Å². The van der Waals surface area contributed by atoms with E-state index in [0.29, 0.717) is 5.92 Å². The predicted octanol–water partition coefficient (Wildman–Crippen LogP) is 3.45. The van der Waals surface area contributed by atoms with Crippen molar-refractivity contribution in [2.75, 3.05) is 23.4 Å². The number of aromatic nitrogens is 1. The Labute approximate surface area is 143 Å². The summed E-state index contributed by atoms with van der Waals surface area (Å²) in [5.74, 6) is 0.679. The Hall–Kier alpha value is -2.36. The van der Waals surface area contributed by atoms with E-state index in [1.165, 1.54) is 5.56 Å². The molecule has 1 aliphatic heterocycles. The summed E-state index contributed by atoms with van der Waals surface area (Å²) in [6.45, 7) is 3.13. The van der Waals surface area contributed by atoms with Gasteiger partial charge < -0.3 is 9.80 Å². The number of benzene rings is 1. The summed E-state index contributed by atoms with van der Waals surface area (Å²) in [6, 6.07) is 12.5. The van der Waals surface area contributed by atoms with Gasteiger partial charge in [0.15, 0.2) is 0 Å². The molecule has 2 aliphatic rings. The lowest BCUT2D eigenvalue weighted by atomic mass is 10.1. The van der Waals surface area contributed by atoms with Gasteiger partial charge in [0, 0.05) is 37.9 Å². The van der Waals surface area contributed by atoms with Crippen LogP contribution in [0.4, 0.5) is 11.4 Å². The zero-order chi connectivity index (χ0) is 16.7. The van der Waals surface area contributed by atoms with Crippen molar-refractivity contribution in [3.8, 4) is 0 Å². The Balaban J connectivity index is 1.63. The van der Waals surface area contributed by atoms with E-state index in [2.05, 4.69) is 42.1 Å². The molecule has 1 aromatic heterocycles. The summed E-state index contributed by atoms with van der Waals surface area (Å²) in [7, 11) is 2.11.